The third-order valence-corrected chi connectivity index (χ3v) is 6.15. The Morgan fingerprint density at radius 2 is 1.96 bits per heavy atom. The molecule has 3 rings (SSSR count). The normalized spacial score (nSPS) is 12.7. The van der Waals surface area contributed by atoms with E-state index in [1.165, 1.54) is 35.6 Å². The number of aryl methyl sites for hydroxylation is 1. The number of hydrogen-bond acceptors (Lipinski definition) is 3. The first kappa shape index (κ1) is 17.0. The molecule has 0 N–H and O–H groups in total. The van der Waals surface area contributed by atoms with E-state index in [9.17, 15) is 8.42 Å². The summed E-state index contributed by atoms with van der Waals surface area (Å²) in [6, 6.07) is 12.0. The van der Waals surface area contributed by atoms with Gasteiger partial charge in [0.2, 0.25) is 4.80 Å². The zero-order valence-electron chi connectivity index (χ0n) is 12.9. The van der Waals surface area contributed by atoms with Crippen LogP contribution in [0.25, 0.3) is 10.2 Å². The van der Waals surface area contributed by atoms with Crippen molar-refractivity contribution in [2.45, 2.75) is 18.4 Å². The summed E-state index contributed by atoms with van der Waals surface area (Å²) in [5.74, 6) is 0. The molecule has 0 saturated carbocycles. The SMILES string of the molecule is C=CCn1c(=NS(=O)(=O)c2ccc(Cl)cc2)sc2cc(C)ccc21. The fourth-order valence-electron chi connectivity index (χ4n) is 2.32. The average molecular weight is 379 g/mol. The second-order valence-corrected chi connectivity index (χ2v) is 8.33. The lowest BCUT2D eigenvalue weighted by Gasteiger charge is -2.02. The van der Waals surface area contributed by atoms with Gasteiger partial charge in [0.05, 0.1) is 15.1 Å². The van der Waals surface area contributed by atoms with E-state index < -0.39 is 10.0 Å². The molecule has 0 aliphatic rings. The predicted molar refractivity (Wildman–Crippen MR) is 98.9 cm³/mol. The second-order valence-electron chi connectivity index (χ2n) is 5.28. The minimum Gasteiger partial charge on any atom is -0.312 e. The van der Waals surface area contributed by atoms with Crippen molar-refractivity contribution in [1.29, 1.82) is 0 Å². The molecule has 24 heavy (non-hydrogen) atoms. The Labute approximate surface area is 149 Å². The monoisotopic (exact) mass is 378 g/mol. The van der Waals surface area contributed by atoms with E-state index >= 15 is 0 Å². The molecule has 1 aromatic heterocycles. The zero-order valence-corrected chi connectivity index (χ0v) is 15.3. The van der Waals surface area contributed by atoms with Gasteiger partial charge in [0, 0.05) is 11.6 Å². The van der Waals surface area contributed by atoms with Crippen molar-refractivity contribution in [2.24, 2.45) is 4.40 Å². The summed E-state index contributed by atoms with van der Waals surface area (Å²) in [5, 5.41) is 0.480. The van der Waals surface area contributed by atoms with Crippen molar-refractivity contribution in [1.82, 2.24) is 4.57 Å². The van der Waals surface area contributed by atoms with E-state index in [-0.39, 0.29) is 4.90 Å². The molecule has 1 heterocycles. The maximum Gasteiger partial charge on any atom is 0.285 e. The number of halogens is 1. The van der Waals surface area contributed by atoms with Gasteiger partial charge in [0.25, 0.3) is 10.0 Å². The van der Waals surface area contributed by atoms with Crippen molar-refractivity contribution in [3.8, 4) is 0 Å². The van der Waals surface area contributed by atoms with E-state index in [0.717, 1.165) is 15.8 Å². The average Bonchev–Trinajstić information content (AvgIpc) is 2.84. The zero-order chi connectivity index (χ0) is 17.3. The summed E-state index contributed by atoms with van der Waals surface area (Å²) in [6.07, 6.45) is 1.72. The van der Waals surface area contributed by atoms with E-state index in [2.05, 4.69) is 11.0 Å². The lowest BCUT2D eigenvalue weighted by atomic mass is 10.2. The molecule has 0 atom stereocenters. The van der Waals surface area contributed by atoms with Gasteiger partial charge in [-0.05, 0) is 48.9 Å². The van der Waals surface area contributed by atoms with Gasteiger partial charge >= 0.3 is 0 Å². The molecule has 0 radical (unpaired) electrons. The Morgan fingerprint density at radius 3 is 2.62 bits per heavy atom. The quantitative estimate of drug-likeness (QED) is 0.640. The van der Waals surface area contributed by atoms with Crippen LogP contribution < -0.4 is 4.80 Å². The number of nitrogens with zero attached hydrogens (tertiary/aromatic N) is 2. The third-order valence-electron chi connectivity index (χ3n) is 3.46. The van der Waals surface area contributed by atoms with Crippen LogP contribution >= 0.6 is 22.9 Å². The Hall–Kier alpha value is -1.89. The van der Waals surface area contributed by atoms with E-state index in [4.69, 9.17) is 11.6 Å². The minimum atomic E-state index is -3.81. The highest BCUT2D eigenvalue weighted by Gasteiger charge is 2.14. The van der Waals surface area contributed by atoms with Crippen LogP contribution in [0.5, 0.6) is 0 Å². The van der Waals surface area contributed by atoms with Gasteiger partial charge in [0.15, 0.2) is 0 Å². The molecule has 0 unspecified atom stereocenters. The summed E-state index contributed by atoms with van der Waals surface area (Å²) in [5.41, 5.74) is 2.05. The van der Waals surface area contributed by atoms with Gasteiger partial charge in [-0.1, -0.05) is 35.1 Å². The molecule has 0 saturated heterocycles. The van der Waals surface area contributed by atoms with Crippen LogP contribution in [-0.4, -0.2) is 13.0 Å². The Morgan fingerprint density at radius 1 is 1.25 bits per heavy atom. The highest BCUT2D eigenvalue weighted by molar-refractivity contribution is 7.90. The number of hydrogen-bond donors (Lipinski definition) is 0. The third kappa shape index (κ3) is 3.31. The number of benzene rings is 2. The largest absolute Gasteiger partial charge is 0.312 e. The number of sulfonamides is 1. The van der Waals surface area contributed by atoms with E-state index in [1.807, 2.05) is 29.7 Å². The van der Waals surface area contributed by atoms with Gasteiger partial charge in [0.1, 0.15) is 0 Å². The maximum atomic E-state index is 12.6. The van der Waals surface area contributed by atoms with E-state index in [0.29, 0.717) is 16.4 Å². The fourth-order valence-corrected chi connectivity index (χ4v) is 4.78. The first-order chi connectivity index (χ1) is 11.4. The Bertz CT molecular complexity index is 1080. The number of aromatic nitrogens is 1. The van der Waals surface area contributed by atoms with Crippen LogP contribution in [0.2, 0.25) is 5.02 Å². The van der Waals surface area contributed by atoms with Crippen LogP contribution in [0.4, 0.5) is 0 Å². The summed E-state index contributed by atoms with van der Waals surface area (Å²) in [6.45, 7) is 6.23. The van der Waals surface area contributed by atoms with Crippen LogP contribution in [0, 0.1) is 6.92 Å². The molecule has 0 spiro atoms. The van der Waals surface area contributed by atoms with Crippen molar-refractivity contribution >= 4 is 43.2 Å². The summed E-state index contributed by atoms with van der Waals surface area (Å²) < 4.78 is 32.0. The lowest BCUT2D eigenvalue weighted by molar-refractivity contribution is 0.596. The van der Waals surface area contributed by atoms with Gasteiger partial charge in [-0.3, -0.25) is 0 Å². The Balaban J connectivity index is 2.23. The molecule has 0 aliphatic carbocycles. The van der Waals surface area contributed by atoms with Crippen molar-refractivity contribution in [2.75, 3.05) is 0 Å². The lowest BCUT2D eigenvalue weighted by Crippen LogP contribution is -2.16. The number of fused-ring (bicyclic) bond motifs is 1. The highest BCUT2D eigenvalue weighted by atomic mass is 35.5. The van der Waals surface area contributed by atoms with Gasteiger partial charge in [-0.25, -0.2) is 0 Å². The number of rotatable bonds is 4. The van der Waals surface area contributed by atoms with Gasteiger partial charge < -0.3 is 4.57 Å². The molecule has 7 heteroatoms. The standard InChI is InChI=1S/C17H15ClN2O2S2/c1-3-10-20-15-9-4-12(2)11-16(15)23-17(20)19-24(21,22)14-7-5-13(18)6-8-14/h3-9,11H,1,10H2,2H3. The van der Waals surface area contributed by atoms with Gasteiger partial charge in [-0.2, -0.15) is 8.42 Å². The number of thiazole rings is 1. The first-order valence-electron chi connectivity index (χ1n) is 7.18. The van der Waals surface area contributed by atoms with Crippen LogP contribution in [0.15, 0.2) is 64.4 Å². The molecule has 0 aliphatic heterocycles. The molecule has 124 valence electrons. The van der Waals surface area contributed by atoms with Crippen LogP contribution in [0.1, 0.15) is 5.56 Å². The van der Waals surface area contributed by atoms with Crippen molar-refractivity contribution in [3.63, 3.8) is 0 Å². The molecule has 4 nitrogen and oxygen atoms in total. The summed E-state index contributed by atoms with van der Waals surface area (Å²) in [4.78, 5) is 0.538. The maximum absolute atomic E-state index is 12.6. The molecule has 0 amide bonds. The molecule has 0 fully saturated rings. The van der Waals surface area contributed by atoms with Crippen molar-refractivity contribution in [3.05, 3.63) is 70.5 Å². The number of allylic oxidation sites excluding steroid dienone is 1. The summed E-state index contributed by atoms with van der Waals surface area (Å²) in [7, 11) is -3.81. The van der Waals surface area contributed by atoms with E-state index in [1.54, 1.807) is 6.08 Å². The topological polar surface area (TPSA) is 51.4 Å². The fraction of sp³-hybridized carbons (Fsp3) is 0.118. The van der Waals surface area contributed by atoms with Gasteiger partial charge in [-0.15, -0.1) is 11.0 Å². The highest BCUT2D eigenvalue weighted by Crippen LogP contribution is 2.20. The first-order valence-corrected chi connectivity index (χ1v) is 9.81. The van der Waals surface area contributed by atoms with Crippen molar-refractivity contribution < 1.29 is 8.42 Å². The Kier molecular flexibility index (Phi) is 4.62. The predicted octanol–water partition coefficient (Wildman–Crippen LogP) is 4.14. The molecular weight excluding hydrogens is 364 g/mol. The minimum absolute atomic E-state index is 0.116. The smallest absolute Gasteiger partial charge is 0.285 e. The molecule has 2 aromatic carbocycles. The van der Waals surface area contributed by atoms with Crippen LogP contribution in [0.3, 0.4) is 0 Å². The summed E-state index contributed by atoms with van der Waals surface area (Å²) >= 11 is 7.16. The second kappa shape index (κ2) is 6.55. The molecule has 3 aromatic rings. The molecule has 0 bridgehead atoms. The molecular formula is C17H15ClN2O2S2. The van der Waals surface area contributed by atoms with Crippen LogP contribution in [-0.2, 0) is 16.6 Å².